The molecule has 2 atom stereocenters. The topological polar surface area (TPSA) is 69.6 Å². The SMILES string of the molecule is CC/C=C\C/C=C\C/C=C\C/C=C\C/C=C\C/C=C\C/C=C\C/C=C\C/C=C\CCCCCC(=O)NC(CO)C(O)/C=C/CC/C=C/CCCCCCCCC. The summed E-state index contributed by atoms with van der Waals surface area (Å²) in [4.78, 5) is 12.4. The molecule has 0 aliphatic carbocycles. The molecule has 0 rings (SSSR count). The summed E-state index contributed by atoms with van der Waals surface area (Å²) in [6.07, 6.45) is 72.7. The second kappa shape index (κ2) is 45.9. The summed E-state index contributed by atoms with van der Waals surface area (Å²) in [5.41, 5.74) is 0. The molecule has 0 spiro atoms. The lowest BCUT2D eigenvalue weighted by Crippen LogP contribution is -2.45. The Labute approximate surface area is 345 Å². The molecule has 1 amide bonds. The Balaban J connectivity index is 3.78. The van der Waals surface area contributed by atoms with E-state index in [0.29, 0.717) is 6.42 Å². The van der Waals surface area contributed by atoms with Crippen molar-refractivity contribution in [3.05, 3.63) is 134 Å². The summed E-state index contributed by atoms with van der Waals surface area (Å²) in [5.74, 6) is -0.114. The predicted octanol–water partition coefficient (Wildman–Crippen LogP) is 14.3. The molecule has 0 fully saturated rings. The summed E-state index contributed by atoms with van der Waals surface area (Å²) >= 11 is 0. The smallest absolute Gasteiger partial charge is 0.220 e. The average molecular weight is 770 g/mol. The third-order valence-electron chi connectivity index (χ3n) is 9.12. The van der Waals surface area contributed by atoms with Crippen LogP contribution >= 0.6 is 0 Å². The van der Waals surface area contributed by atoms with Crippen molar-refractivity contribution < 1.29 is 15.0 Å². The van der Waals surface area contributed by atoms with Crippen LogP contribution in [-0.4, -0.2) is 34.9 Å². The lowest BCUT2D eigenvalue weighted by Gasteiger charge is -2.19. The molecular weight excluding hydrogens is 687 g/mol. The number of nitrogens with one attached hydrogen (secondary N) is 1. The van der Waals surface area contributed by atoms with Crippen LogP contribution in [0, 0.1) is 0 Å². The van der Waals surface area contributed by atoms with Gasteiger partial charge in [-0.2, -0.15) is 0 Å². The molecule has 2 unspecified atom stereocenters. The van der Waals surface area contributed by atoms with Gasteiger partial charge in [-0.25, -0.2) is 0 Å². The highest BCUT2D eigenvalue weighted by atomic mass is 16.3. The Morgan fingerprint density at radius 3 is 1.25 bits per heavy atom. The van der Waals surface area contributed by atoms with Gasteiger partial charge in [-0.3, -0.25) is 4.79 Å². The van der Waals surface area contributed by atoms with E-state index in [0.717, 1.165) is 103 Å². The molecule has 0 aliphatic heterocycles. The quantitative estimate of drug-likeness (QED) is 0.0433. The molecule has 314 valence electrons. The van der Waals surface area contributed by atoms with Crippen LogP contribution in [-0.2, 0) is 4.79 Å². The van der Waals surface area contributed by atoms with Crippen LogP contribution in [0.15, 0.2) is 134 Å². The van der Waals surface area contributed by atoms with Crippen LogP contribution in [0.1, 0.15) is 168 Å². The summed E-state index contributed by atoms with van der Waals surface area (Å²) in [5, 5.41) is 22.9. The second-order valence-corrected chi connectivity index (χ2v) is 14.4. The van der Waals surface area contributed by atoms with Crippen LogP contribution in [0.3, 0.4) is 0 Å². The van der Waals surface area contributed by atoms with Gasteiger partial charge in [-0.1, -0.05) is 192 Å². The number of hydrogen-bond donors (Lipinski definition) is 3. The Bertz CT molecular complexity index is 1190. The molecule has 0 bridgehead atoms. The lowest BCUT2D eigenvalue weighted by atomic mass is 10.1. The first-order valence-electron chi connectivity index (χ1n) is 22.4. The Kier molecular flexibility index (Phi) is 43.1. The molecule has 4 nitrogen and oxygen atoms in total. The maximum Gasteiger partial charge on any atom is 0.220 e. The monoisotopic (exact) mass is 770 g/mol. The van der Waals surface area contributed by atoms with Crippen LogP contribution in [0.2, 0.25) is 0 Å². The molecule has 4 heteroatoms. The normalized spacial score (nSPS) is 14.3. The van der Waals surface area contributed by atoms with Gasteiger partial charge in [-0.05, 0) is 103 Å². The minimum Gasteiger partial charge on any atom is -0.394 e. The summed E-state index contributed by atoms with van der Waals surface area (Å²) < 4.78 is 0. The number of rotatable bonds is 38. The zero-order valence-electron chi connectivity index (χ0n) is 35.8. The molecule has 0 aromatic heterocycles. The van der Waals surface area contributed by atoms with E-state index >= 15 is 0 Å². The highest BCUT2D eigenvalue weighted by Crippen LogP contribution is 2.10. The van der Waals surface area contributed by atoms with Gasteiger partial charge in [0.25, 0.3) is 0 Å². The van der Waals surface area contributed by atoms with Crippen molar-refractivity contribution in [3.63, 3.8) is 0 Å². The number of unbranched alkanes of at least 4 members (excludes halogenated alkanes) is 11. The summed E-state index contributed by atoms with van der Waals surface area (Å²) in [6, 6.07) is -0.666. The van der Waals surface area contributed by atoms with Crippen molar-refractivity contribution in [1.29, 1.82) is 0 Å². The van der Waals surface area contributed by atoms with E-state index in [9.17, 15) is 15.0 Å². The number of aliphatic hydroxyl groups excluding tert-OH is 2. The molecular formula is C52H83NO3. The third kappa shape index (κ3) is 41.7. The molecule has 0 heterocycles. The standard InChI is InChI=1S/C52H83NO3/c1-3-5-7-9-11-13-15-17-18-19-20-21-22-23-24-25-26-27-28-29-30-31-32-33-34-36-38-40-42-44-46-48-52(56)53-50(49-54)51(55)47-45-43-41-39-37-35-16-14-12-10-8-6-4-2/h5,7,11,13,17-18,20-21,23-24,26-27,29-30,32-33,36-39,45,47,50-51,54-55H,3-4,6,8-10,12,14-16,19,22,25,28,31,34-35,40-44,46,48-49H2,1-2H3,(H,53,56)/b7-5-,13-11-,18-17-,21-20-,24-23-,27-26-,30-29-,33-32-,38-36-,39-37+,47-45+. The van der Waals surface area contributed by atoms with Crippen LogP contribution in [0.5, 0.6) is 0 Å². The van der Waals surface area contributed by atoms with E-state index in [4.69, 9.17) is 0 Å². The van der Waals surface area contributed by atoms with Crippen LogP contribution < -0.4 is 5.32 Å². The van der Waals surface area contributed by atoms with Gasteiger partial charge in [0.2, 0.25) is 5.91 Å². The van der Waals surface area contributed by atoms with Crippen LogP contribution in [0.4, 0.5) is 0 Å². The van der Waals surface area contributed by atoms with Crippen molar-refractivity contribution in [2.75, 3.05) is 6.61 Å². The first kappa shape index (κ1) is 52.5. The van der Waals surface area contributed by atoms with E-state index in [-0.39, 0.29) is 12.5 Å². The van der Waals surface area contributed by atoms with E-state index < -0.39 is 12.1 Å². The number of amides is 1. The maximum atomic E-state index is 12.4. The highest BCUT2D eigenvalue weighted by molar-refractivity contribution is 5.76. The summed E-state index contributed by atoms with van der Waals surface area (Å²) in [6.45, 7) is 4.13. The molecule has 3 N–H and O–H groups in total. The molecule has 0 aliphatic rings. The first-order chi connectivity index (χ1) is 27.7. The van der Waals surface area contributed by atoms with Gasteiger partial charge in [-0.15, -0.1) is 0 Å². The minimum absolute atomic E-state index is 0.114. The fourth-order valence-electron chi connectivity index (χ4n) is 5.71. The van der Waals surface area contributed by atoms with Crippen molar-refractivity contribution in [2.45, 2.75) is 180 Å². The summed E-state index contributed by atoms with van der Waals surface area (Å²) in [7, 11) is 0. The van der Waals surface area contributed by atoms with Gasteiger partial charge in [0.05, 0.1) is 18.8 Å². The van der Waals surface area contributed by atoms with Gasteiger partial charge in [0, 0.05) is 6.42 Å². The zero-order chi connectivity index (χ0) is 40.7. The van der Waals surface area contributed by atoms with Gasteiger partial charge >= 0.3 is 0 Å². The fourth-order valence-corrected chi connectivity index (χ4v) is 5.71. The molecule has 0 aromatic rings. The number of carbonyl (C=O) groups is 1. The van der Waals surface area contributed by atoms with Crippen LogP contribution in [0.25, 0.3) is 0 Å². The molecule has 0 saturated carbocycles. The van der Waals surface area contributed by atoms with E-state index in [1.165, 1.54) is 44.9 Å². The van der Waals surface area contributed by atoms with Crippen molar-refractivity contribution in [3.8, 4) is 0 Å². The number of aliphatic hydroxyl groups is 2. The van der Waals surface area contributed by atoms with E-state index in [2.05, 4.69) is 141 Å². The molecule has 0 radical (unpaired) electrons. The van der Waals surface area contributed by atoms with Crippen molar-refractivity contribution in [1.82, 2.24) is 5.32 Å². The zero-order valence-corrected chi connectivity index (χ0v) is 35.8. The first-order valence-corrected chi connectivity index (χ1v) is 22.4. The fraction of sp³-hybridized carbons (Fsp3) is 0.558. The Morgan fingerprint density at radius 2 is 0.804 bits per heavy atom. The van der Waals surface area contributed by atoms with Gasteiger partial charge < -0.3 is 15.5 Å². The lowest BCUT2D eigenvalue weighted by molar-refractivity contribution is -0.123. The van der Waals surface area contributed by atoms with E-state index in [1.807, 2.05) is 6.08 Å². The van der Waals surface area contributed by atoms with Crippen molar-refractivity contribution in [2.24, 2.45) is 0 Å². The average Bonchev–Trinajstić information content (AvgIpc) is 3.20. The maximum absolute atomic E-state index is 12.4. The Morgan fingerprint density at radius 1 is 0.446 bits per heavy atom. The number of carbonyl (C=O) groups excluding carboxylic acids is 1. The van der Waals surface area contributed by atoms with Gasteiger partial charge in [0.15, 0.2) is 0 Å². The number of allylic oxidation sites excluding steroid dienone is 21. The third-order valence-corrected chi connectivity index (χ3v) is 9.12. The van der Waals surface area contributed by atoms with Crippen molar-refractivity contribution >= 4 is 5.91 Å². The second-order valence-electron chi connectivity index (χ2n) is 14.4. The number of hydrogen-bond acceptors (Lipinski definition) is 3. The van der Waals surface area contributed by atoms with E-state index in [1.54, 1.807) is 6.08 Å². The molecule has 0 aromatic carbocycles. The predicted molar refractivity (Wildman–Crippen MR) is 248 cm³/mol. The molecule has 56 heavy (non-hydrogen) atoms. The minimum atomic E-state index is -0.885. The largest absolute Gasteiger partial charge is 0.394 e. The highest BCUT2D eigenvalue weighted by Gasteiger charge is 2.17. The van der Waals surface area contributed by atoms with Gasteiger partial charge in [0.1, 0.15) is 0 Å². The molecule has 0 saturated heterocycles. The Hall–Kier alpha value is -3.47.